The summed E-state index contributed by atoms with van der Waals surface area (Å²) in [5, 5.41) is 0.638. The highest BCUT2D eigenvalue weighted by Gasteiger charge is 2.45. The van der Waals surface area contributed by atoms with E-state index in [1.54, 1.807) is 12.3 Å². The Morgan fingerprint density at radius 1 is 1.40 bits per heavy atom. The minimum atomic E-state index is -3.02. The maximum absolute atomic E-state index is 12.4. The number of nitrogens with zero attached hydrogens (tertiary/aromatic N) is 2. The molecule has 6 heteroatoms. The third kappa shape index (κ3) is 2.85. The van der Waals surface area contributed by atoms with E-state index in [9.17, 15) is 8.42 Å². The van der Waals surface area contributed by atoms with Crippen LogP contribution in [0.25, 0.3) is 0 Å². The van der Waals surface area contributed by atoms with E-state index in [4.69, 9.17) is 11.6 Å². The third-order valence-corrected chi connectivity index (χ3v) is 7.43. The summed E-state index contributed by atoms with van der Waals surface area (Å²) in [6, 6.07) is 3.62. The minimum Gasteiger partial charge on any atom is -0.295 e. The van der Waals surface area contributed by atoms with Crippen LogP contribution in [0.1, 0.15) is 32.4 Å². The van der Waals surface area contributed by atoms with Crippen LogP contribution >= 0.6 is 11.6 Å². The van der Waals surface area contributed by atoms with Gasteiger partial charge in [0.1, 0.15) is 0 Å². The Morgan fingerprint density at radius 3 is 2.70 bits per heavy atom. The predicted molar refractivity (Wildman–Crippen MR) is 81.6 cm³/mol. The van der Waals surface area contributed by atoms with E-state index in [0.29, 0.717) is 37.5 Å². The Morgan fingerprint density at radius 2 is 2.10 bits per heavy atom. The van der Waals surface area contributed by atoms with Gasteiger partial charge >= 0.3 is 0 Å². The number of rotatable bonds is 4. The van der Waals surface area contributed by atoms with Crippen molar-refractivity contribution in [1.29, 1.82) is 0 Å². The summed E-state index contributed by atoms with van der Waals surface area (Å²) in [6.07, 6.45) is 3.02. The molecule has 0 unspecified atom stereocenters. The van der Waals surface area contributed by atoms with Gasteiger partial charge in [-0.1, -0.05) is 25.4 Å². The van der Waals surface area contributed by atoms with Crippen molar-refractivity contribution in [1.82, 2.24) is 9.88 Å². The fourth-order valence-electron chi connectivity index (χ4n) is 2.85. The molecule has 0 aliphatic carbocycles. The minimum absolute atomic E-state index is 0.221. The molecule has 4 nitrogen and oxygen atoms in total. The lowest BCUT2D eigenvalue weighted by Gasteiger charge is -2.41. The highest BCUT2D eigenvalue weighted by molar-refractivity contribution is 7.92. The molecule has 112 valence electrons. The van der Waals surface area contributed by atoms with Crippen molar-refractivity contribution in [2.24, 2.45) is 0 Å². The van der Waals surface area contributed by atoms with Crippen molar-refractivity contribution >= 4 is 21.4 Å². The van der Waals surface area contributed by atoms with Crippen molar-refractivity contribution in [2.75, 3.05) is 18.8 Å². The maximum atomic E-state index is 12.4. The lowest BCUT2D eigenvalue weighted by atomic mass is 10.0. The summed E-state index contributed by atoms with van der Waals surface area (Å²) in [5.41, 5.74) is 0.814. The van der Waals surface area contributed by atoms with Gasteiger partial charge in [-0.05, 0) is 25.0 Å². The monoisotopic (exact) mass is 316 g/mol. The summed E-state index contributed by atoms with van der Waals surface area (Å²) in [7, 11) is -3.02. The van der Waals surface area contributed by atoms with Gasteiger partial charge in [-0.15, -0.1) is 0 Å². The fourth-order valence-corrected chi connectivity index (χ4v) is 5.22. The number of pyridine rings is 1. The Kier molecular flexibility index (Phi) is 4.72. The zero-order valence-electron chi connectivity index (χ0n) is 12.0. The molecular formula is C14H21ClN2O2S. The molecule has 1 aromatic heterocycles. The molecule has 0 amide bonds. The molecule has 0 atom stereocenters. The number of sulfone groups is 1. The van der Waals surface area contributed by atoms with E-state index >= 15 is 0 Å². The molecular weight excluding hydrogens is 296 g/mol. The molecule has 0 N–H and O–H groups in total. The summed E-state index contributed by atoms with van der Waals surface area (Å²) in [6.45, 7) is 5.64. The highest BCUT2D eigenvalue weighted by atomic mass is 35.5. The Balaban J connectivity index is 2.19. The lowest BCUT2D eigenvalue weighted by molar-refractivity contribution is 0.219. The Labute approximate surface area is 126 Å². The zero-order chi connectivity index (χ0) is 14.8. The smallest absolute Gasteiger partial charge is 0.158 e. The summed E-state index contributed by atoms with van der Waals surface area (Å²) in [4.78, 5) is 6.44. The van der Waals surface area contributed by atoms with Crippen molar-refractivity contribution in [3.63, 3.8) is 0 Å². The van der Waals surface area contributed by atoms with Gasteiger partial charge in [-0.3, -0.25) is 9.88 Å². The standard InChI is InChI=1S/C14H21ClN2O2S/c1-3-14(4-2)11-17(8-9-20(14,18)19)10-13-12(15)6-5-7-16-13/h5-7H,3-4,8-11H2,1-2H3. The van der Waals surface area contributed by atoms with Crippen LogP contribution in [0.3, 0.4) is 0 Å². The van der Waals surface area contributed by atoms with E-state index in [1.807, 2.05) is 19.9 Å². The second kappa shape index (κ2) is 6.00. The van der Waals surface area contributed by atoms with Crippen LogP contribution < -0.4 is 0 Å². The Hall–Kier alpha value is -0.650. The second-order valence-corrected chi connectivity index (χ2v) is 8.26. The number of hydrogen-bond acceptors (Lipinski definition) is 4. The quantitative estimate of drug-likeness (QED) is 0.856. The molecule has 1 aliphatic rings. The Bertz CT molecular complexity index is 570. The molecule has 0 bridgehead atoms. The molecule has 2 heterocycles. The molecule has 1 fully saturated rings. The predicted octanol–water partition coefficient (Wildman–Crippen LogP) is 2.52. The second-order valence-electron chi connectivity index (χ2n) is 5.35. The zero-order valence-corrected chi connectivity index (χ0v) is 13.5. The van der Waals surface area contributed by atoms with Gasteiger partial charge < -0.3 is 0 Å². The van der Waals surface area contributed by atoms with Crippen molar-refractivity contribution in [3.8, 4) is 0 Å². The fraction of sp³-hybridized carbons (Fsp3) is 0.643. The van der Waals surface area contributed by atoms with Crippen LogP contribution in [0.15, 0.2) is 18.3 Å². The van der Waals surface area contributed by atoms with Crippen molar-refractivity contribution < 1.29 is 8.42 Å². The van der Waals surface area contributed by atoms with Crippen LogP contribution in [-0.4, -0.2) is 41.9 Å². The van der Waals surface area contributed by atoms with Gasteiger partial charge in [0.15, 0.2) is 9.84 Å². The average molecular weight is 317 g/mol. The maximum Gasteiger partial charge on any atom is 0.158 e. The summed E-state index contributed by atoms with van der Waals surface area (Å²) < 4.78 is 24.1. The number of hydrogen-bond donors (Lipinski definition) is 0. The van der Waals surface area contributed by atoms with Crippen LogP contribution in [0.4, 0.5) is 0 Å². The summed E-state index contributed by atoms with van der Waals surface area (Å²) in [5.74, 6) is 0.221. The van der Waals surface area contributed by atoms with Gasteiger partial charge in [0, 0.05) is 25.8 Å². The lowest BCUT2D eigenvalue weighted by Crippen LogP contribution is -2.55. The van der Waals surface area contributed by atoms with Gasteiger partial charge in [-0.2, -0.15) is 0 Å². The summed E-state index contributed by atoms with van der Waals surface area (Å²) >= 11 is 6.13. The van der Waals surface area contributed by atoms with Crippen LogP contribution in [-0.2, 0) is 16.4 Å². The van der Waals surface area contributed by atoms with E-state index in [0.717, 1.165) is 5.69 Å². The topological polar surface area (TPSA) is 50.3 Å². The molecule has 0 radical (unpaired) electrons. The molecule has 20 heavy (non-hydrogen) atoms. The van der Waals surface area contributed by atoms with Crippen molar-refractivity contribution in [3.05, 3.63) is 29.0 Å². The van der Waals surface area contributed by atoms with Gasteiger partial charge in [0.2, 0.25) is 0 Å². The molecule has 0 aromatic carbocycles. The molecule has 0 saturated carbocycles. The van der Waals surface area contributed by atoms with E-state index in [1.165, 1.54) is 0 Å². The van der Waals surface area contributed by atoms with Gasteiger partial charge in [0.05, 0.1) is 21.2 Å². The van der Waals surface area contributed by atoms with E-state index in [2.05, 4.69) is 9.88 Å². The van der Waals surface area contributed by atoms with Crippen LogP contribution in [0, 0.1) is 0 Å². The first-order valence-electron chi connectivity index (χ1n) is 6.98. The number of halogens is 1. The molecule has 1 aromatic rings. The molecule has 1 saturated heterocycles. The van der Waals surface area contributed by atoms with Gasteiger partial charge in [-0.25, -0.2) is 8.42 Å². The highest BCUT2D eigenvalue weighted by Crippen LogP contribution is 2.32. The molecule has 1 aliphatic heterocycles. The third-order valence-electron chi connectivity index (χ3n) is 4.34. The molecule has 0 spiro atoms. The SMILES string of the molecule is CCC1(CC)CN(Cc2ncccc2Cl)CCS1(=O)=O. The van der Waals surface area contributed by atoms with Crippen LogP contribution in [0.2, 0.25) is 5.02 Å². The first kappa shape index (κ1) is 15.7. The largest absolute Gasteiger partial charge is 0.295 e. The van der Waals surface area contributed by atoms with E-state index < -0.39 is 14.6 Å². The number of aromatic nitrogens is 1. The van der Waals surface area contributed by atoms with Crippen molar-refractivity contribution in [2.45, 2.75) is 38.0 Å². The van der Waals surface area contributed by atoms with Gasteiger partial charge in [0.25, 0.3) is 0 Å². The normalized spacial score (nSPS) is 21.8. The first-order chi connectivity index (χ1) is 9.44. The van der Waals surface area contributed by atoms with Crippen LogP contribution in [0.5, 0.6) is 0 Å². The molecule has 2 rings (SSSR count). The first-order valence-corrected chi connectivity index (χ1v) is 9.01. The van der Waals surface area contributed by atoms with E-state index in [-0.39, 0.29) is 5.75 Å². The average Bonchev–Trinajstić information content (AvgIpc) is 2.43.